The van der Waals surface area contributed by atoms with Gasteiger partial charge in [0.05, 0.1) is 24.1 Å². The number of ether oxygens (including phenoxy) is 2. The monoisotopic (exact) mass is 586 g/mol. The van der Waals surface area contributed by atoms with E-state index in [9.17, 15) is 30.5 Å². The largest absolute Gasteiger partial charge is 0.743 e. The highest BCUT2D eigenvalue weighted by Crippen LogP contribution is 2.40. The van der Waals surface area contributed by atoms with Gasteiger partial charge in [-0.25, -0.2) is 8.42 Å². The lowest BCUT2D eigenvalue weighted by atomic mass is 10.2. The van der Waals surface area contributed by atoms with Crippen LogP contribution in [0.1, 0.15) is 20.3 Å². The highest BCUT2D eigenvalue weighted by molar-refractivity contribution is 7.97. The molecule has 1 unspecified atom stereocenters. The first-order chi connectivity index (χ1) is 18.3. The van der Waals surface area contributed by atoms with E-state index in [-0.39, 0.29) is 17.5 Å². The normalized spacial score (nSPS) is 12.9. The molecule has 39 heavy (non-hydrogen) atoms. The lowest BCUT2D eigenvalue weighted by molar-refractivity contribution is -0.187. The van der Waals surface area contributed by atoms with Crippen molar-refractivity contribution < 1.29 is 40.0 Å². The molecular weight excluding hydrogens is 556 g/mol. The van der Waals surface area contributed by atoms with E-state index in [1.165, 1.54) is 21.6 Å². The van der Waals surface area contributed by atoms with E-state index in [1.54, 1.807) is 6.92 Å². The van der Waals surface area contributed by atoms with E-state index in [0.717, 1.165) is 0 Å². The molecule has 3 aromatic carbocycles. The molecule has 212 valence electrons. The van der Waals surface area contributed by atoms with Gasteiger partial charge in [0.1, 0.15) is 0 Å². The first-order valence-electron chi connectivity index (χ1n) is 11.7. The van der Waals surface area contributed by atoms with Gasteiger partial charge in [-0.05, 0) is 50.2 Å². The second kappa shape index (κ2) is 14.6. The van der Waals surface area contributed by atoms with E-state index < -0.39 is 40.6 Å². The lowest BCUT2D eigenvalue weighted by Crippen LogP contribution is -2.47. The van der Waals surface area contributed by atoms with Crippen LogP contribution in [0.3, 0.4) is 0 Å². The molecule has 0 saturated carbocycles. The molecule has 0 aromatic heterocycles. The summed E-state index contributed by atoms with van der Waals surface area (Å²) in [5.41, 5.74) is 0.634. The Morgan fingerprint density at radius 2 is 1.23 bits per heavy atom. The molecule has 1 atom stereocenters. The van der Waals surface area contributed by atoms with Gasteiger partial charge < -0.3 is 14.0 Å². The summed E-state index contributed by atoms with van der Waals surface area (Å²) in [5, 5.41) is -5.69. The Labute approximate surface area is 229 Å². The molecule has 5 nitrogen and oxygen atoms in total. The van der Waals surface area contributed by atoms with Crippen molar-refractivity contribution in [3.63, 3.8) is 0 Å². The number of rotatable bonds is 12. The highest BCUT2D eigenvalue weighted by atomic mass is 32.2. The quantitative estimate of drug-likeness (QED) is 0.0760. The maximum Gasteiger partial charge on any atom is 0.396 e. The molecule has 0 bridgehead atoms. The number of benzene rings is 3. The van der Waals surface area contributed by atoms with Crippen molar-refractivity contribution in [3.8, 4) is 0 Å². The van der Waals surface area contributed by atoms with Gasteiger partial charge in [0.25, 0.3) is 0 Å². The van der Waals surface area contributed by atoms with Crippen LogP contribution < -0.4 is 0 Å². The second-order valence-electron chi connectivity index (χ2n) is 8.38. The Morgan fingerprint density at radius 1 is 0.846 bits per heavy atom. The number of alkyl halides is 4. The fourth-order valence-corrected chi connectivity index (χ4v) is 5.64. The molecule has 3 aromatic rings. The summed E-state index contributed by atoms with van der Waals surface area (Å²) in [5.74, 6) is -5.03. The average molecular weight is 587 g/mol. The van der Waals surface area contributed by atoms with E-state index in [4.69, 9.17) is 4.74 Å². The van der Waals surface area contributed by atoms with Crippen LogP contribution in [-0.4, -0.2) is 43.7 Å². The van der Waals surface area contributed by atoms with Crippen LogP contribution in [0.2, 0.25) is 0 Å². The van der Waals surface area contributed by atoms with Crippen LogP contribution in [0.25, 0.3) is 0 Å². The van der Waals surface area contributed by atoms with Crippen LogP contribution in [0.4, 0.5) is 17.6 Å². The summed E-state index contributed by atoms with van der Waals surface area (Å²) in [7, 11) is -6.48. The van der Waals surface area contributed by atoms with Crippen molar-refractivity contribution in [2.24, 2.45) is 0 Å². The molecule has 0 aliphatic heterocycles. The molecule has 0 aliphatic carbocycles. The fourth-order valence-electron chi connectivity index (χ4n) is 3.07. The van der Waals surface area contributed by atoms with Crippen LogP contribution in [0, 0.1) is 0 Å². The summed E-state index contributed by atoms with van der Waals surface area (Å²) in [4.78, 5) is 4.08. The minimum Gasteiger partial charge on any atom is -0.743 e. The van der Waals surface area contributed by atoms with Crippen LogP contribution >= 0.6 is 0 Å². The summed E-state index contributed by atoms with van der Waals surface area (Å²) in [6.07, 6.45) is -2.61. The van der Waals surface area contributed by atoms with Crippen molar-refractivity contribution in [2.45, 2.75) is 52.4 Å². The van der Waals surface area contributed by atoms with E-state index in [0.29, 0.717) is 5.57 Å². The highest BCUT2D eigenvalue weighted by Gasteiger charge is 2.61. The molecule has 0 aliphatic rings. The summed E-state index contributed by atoms with van der Waals surface area (Å²) < 4.78 is 91.4. The summed E-state index contributed by atoms with van der Waals surface area (Å²) in [6.45, 7) is 5.66. The Morgan fingerprint density at radius 3 is 1.56 bits per heavy atom. The predicted molar refractivity (Wildman–Crippen MR) is 142 cm³/mol. The van der Waals surface area contributed by atoms with E-state index >= 15 is 0 Å². The van der Waals surface area contributed by atoms with Gasteiger partial charge in [-0.3, -0.25) is 0 Å². The zero-order chi connectivity index (χ0) is 29.1. The summed E-state index contributed by atoms with van der Waals surface area (Å²) >= 11 is 0. The Kier molecular flexibility index (Phi) is 12.2. The van der Waals surface area contributed by atoms with Gasteiger partial charge in [-0.1, -0.05) is 66.7 Å². The maximum atomic E-state index is 13.0. The molecular formula is C28H30F4O5S2. The molecule has 0 saturated heterocycles. The maximum absolute atomic E-state index is 13.0. The predicted octanol–water partition coefficient (Wildman–Crippen LogP) is 6.89. The van der Waals surface area contributed by atoms with Gasteiger partial charge in [-0.2, -0.15) is 17.6 Å². The topological polar surface area (TPSA) is 75.7 Å². The smallest absolute Gasteiger partial charge is 0.396 e. The molecule has 0 radical (unpaired) electrons. The molecule has 0 N–H and O–H groups in total. The zero-order valence-electron chi connectivity index (χ0n) is 21.4. The third kappa shape index (κ3) is 9.77. The third-order valence-electron chi connectivity index (χ3n) is 5.01. The first-order valence-corrected chi connectivity index (χ1v) is 14.4. The second-order valence-corrected chi connectivity index (χ2v) is 11.8. The minimum absolute atomic E-state index is 0.0146. The van der Waals surface area contributed by atoms with Gasteiger partial charge in [-0.15, -0.1) is 0 Å². The van der Waals surface area contributed by atoms with E-state index in [1.807, 2.05) is 0 Å². The van der Waals surface area contributed by atoms with E-state index in [2.05, 4.69) is 102 Å². The number of hydrogen-bond donors (Lipinski definition) is 0. The van der Waals surface area contributed by atoms with Gasteiger partial charge in [0.2, 0.25) is 0 Å². The Balaban J connectivity index is 0.000000273. The lowest BCUT2D eigenvalue weighted by Gasteiger charge is -2.28. The minimum atomic E-state index is -6.46. The zero-order valence-corrected chi connectivity index (χ0v) is 23.1. The first kappa shape index (κ1) is 32.5. The molecule has 0 heterocycles. The summed E-state index contributed by atoms with van der Waals surface area (Å²) in [6, 6.07) is 32.2. The van der Waals surface area contributed by atoms with Gasteiger partial charge in [0, 0.05) is 6.42 Å². The molecule has 3 rings (SSSR count). The third-order valence-corrected chi connectivity index (χ3v) is 8.17. The fraction of sp³-hybridized carbons (Fsp3) is 0.286. The van der Waals surface area contributed by atoms with Crippen molar-refractivity contribution >= 4 is 21.0 Å². The molecule has 0 fully saturated rings. The Bertz CT molecular complexity index is 1160. The number of hydrogen-bond acceptors (Lipinski definition) is 5. The molecule has 11 heteroatoms. The molecule has 0 spiro atoms. The standard InChI is InChI=1S/C18H15S.C10H16F4O5S/c1-4-10-16(11-5-1)19(17-12-6-2-7-13-17)18-14-8-3-9-15-18;1-7(2)6-19-8(3)18-5-4-9(11,12)10(13,14)20(15,16)17/h1-15H;8H,1,4-6H2,2-3H3,(H,15,16,17)/q+1;/p-1. The number of halogens is 4. The van der Waals surface area contributed by atoms with Crippen LogP contribution in [0.15, 0.2) is 118 Å². The average Bonchev–Trinajstić information content (AvgIpc) is 2.89. The SMILES string of the molecule is C=C(C)COC(C)OCCC(F)(F)C(F)(F)S(=O)(=O)[O-].c1ccc([S+](c2ccccc2)c2ccccc2)cc1. The van der Waals surface area contributed by atoms with Gasteiger partial charge >= 0.3 is 11.2 Å². The van der Waals surface area contributed by atoms with Gasteiger partial charge in [0.15, 0.2) is 31.1 Å². The van der Waals surface area contributed by atoms with Crippen molar-refractivity contribution in [3.05, 3.63) is 103 Å². The van der Waals surface area contributed by atoms with Crippen molar-refractivity contribution in [1.82, 2.24) is 0 Å². The van der Waals surface area contributed by atoms with Crippen LogP contribution in [0.5, 0.6) is 0 Å². The van der Waals surface area contributed by atoms with Crippen molar-refractivity contribution in [2.75, 3.05) is 13.2 Å². The molecule has 0 amide bonds. The van der Waals surface area contributed by atoms with Crippen LogP contribution in [-0.2, 0) is 30.5 Å². The van der Waals surface area contributed by atoms with Crippen molar-refractivity contribution in [1.29, 1.82) is 0 Å². The Hall–Kier alpha value is -2.70.